The minimum Gasteiger partial charge on any atom is -0.462 e. The summed E-state index contributed by atoms with van der Waals surface area (Å²) in [7, 11) is 0. The molecule has 396 valence electrons. The smallest absolute Gasteiger partial charge is 0.306 e. The Balaban J connectivity index is 4.39. The maximum Gasteiger partial charge on any atom is 0.306 e. The summed E-state index contributed by atoms with van der Waals surface area (Å²) in [5.74, 6) is -0.881. The highest BCUT2D eigenvalue weighted by Crippen LogP contribution is 2.17. The Labute approximate surface area is 422 Å². The van der Waals surface area contributed by atoms with Crippen molar-refractivity contribution in [2.45, 2.75) is 316 Å². The molecule has 0 rings (SSSR count). The Morgan fingerprint density at radius 3 is 0.853 bits per heavy atom. The molecule has 1 unspecified atom stereocenters. The lowest BCUT2D eigenvalue weighted by Crippen LogP contribution is -2.30. The van der Waals surface area contributed by atoms with Crippen LogP contribution in [0.2, 0.25) is 0 Å². The van der Waals surface area contributed by atoms with Crippen LogP contribution in [0.1, 0.15) is 310 Å². The molecule has 1 atom stereocenters. The van der Waals surface area contributed by atoms with E-state index in [2.05, 4.69) is 69.4 Å². The van der Waals surface area contributed by atoms with E-state index in [1.807, 2.05) is 0 Å². The van der Waals surface area contributed by atoms with Crippen LogP contribution in [0.3, 0.4) is 0 Å². The molecule has 0 amide bonds. The first-order chi connectivity index (χ1) is 33.5. The van der Waals surface area contributed by atoms with Crippen molar-refractivity contribution in [2.24, 2.45) is 0 Å². The van der Waals surface area contributed by atoms with Gasteiger partial charge in [0.2, 0.25) is 0 Å². The van der Waals surface area contributed by atoms with Crippen LogP contribution in [0, 0.1) is 0 Å². The van der Waals surface area contributed by atoms with E-state index >= 15 is 0 Å². The van der Waals surface area contributed by atoms with E-state index in [1.165, 1.54) is 186 Å². The Hall–Kier alpha value is -2.63. The van der Waals surface area contributed by atoms with E-state index in [0.29, 0.717) is 19.3 Å². The highest BCUT2D eigenvalue weighted by Gasteiger charge is 2.19. The average Bonchev–Trinajstić information content (AvgIpc) is 3.34. The normalized spacial score (nSPS) is 12.3. The zero-order valence-electron chi connectivity index (χ0n) is 45.4. The molecule has 68 heavy (non-hydrogen) atoms. The van der Waals surface area contributed by atoms with Crippen molar-refractivity contribution >= 4 is 17.9 Å². The van der Waals surface area contributed by atoms with Crippen LogP contribution in [-0.4, -0.2) is 37.2 Å². The number of carbonyl (C=O) groups excluding carboxylic acids is 3. The second kappa shape index (κ2) is 57.0. The van der Waals surface area contributed by atoms with Crippen LogP contribution in [0.25, 0.3) is 0 Å². The SMILES string of the molecule is CCCCC\C=C/C=C\C=C/C=C\CCCCCCCC(=O)OCC(COC(=O)CCCCCCCCCCCCCCCCC)OC(=O)CCCCCCCCCCCCCCCCCCC. The number of unbranched alkanes of at least 4 members (excludes halogenated alkanes) is 38. The number of rotatable bonds is 54. The molecule has 0 radical (unpaired) electrons. The Kier molecular flexibility index (Phi) is 54.8. The summed E-state index contributed by atoms with van der Waals surface area (Å²) in [6.07, 6.45) is 69.5. The molecule has 0 bridgehead atoms. The highest BCUT2D eigenvalue weighted by atomic mass is 16.6. The number of allylic oxidation sites excluding steroid dienone is 8. The van der Waals surface area contributed by atoms with Crippen LogP contribution in [-0.2, 0) is 28.6 Å². The van der Waals surface area contributed by atoms with Gasteiger partial charge in [-0.05, 0) is 44.9 Å². The largest absolute Gasteiger partial charge is 0.462 e. The van der Waals surface area contributed by atoms with E-state index in [4.69, 9.17) is 14.2 Å². The summed E-state index contributed by atoms with van der Waals surface area (Å²) in [4.78, 5) is 38.2. The van der Waals surface area contributed by atoms with E-state index in [-0.39, 0.29) is 31.1 Å². The van der Waals surface area contributed by atoms with E-state index in [1.54, 1.807) is 0 Å². The molecule has 0 aromatic heterocycles. The molecule has 0 fully saturated rings. The molecule has 0 aromatic carbocycles. The quantitative estimate of drug-likeness (QED) is 0.0262. The van der Waals surface area contributed by atoms with Gasteiger partial charge in [0.1, 0.15) is 13.2 Å². The first-order valence-corrected chi connectivity index (χ1v) is 29.7. The van der Waals surface area contributed by atoms with Crippen molar-refractivity contribution < 1.29 is 28.6 Å². The maximum absolute atomic E-state index is 12.9. The molecule has 0 spiro atoms. The average molecular weight is 954 g/mol. The highest BCUT2D eigenvalue weighted by molar-refractivity contribution is 5.71. The Morgan fingerprint density at radius 2 is 0.529 bits per heavy atom. The molecule has 6 nitrogen and oxygen atoms in total. The van der Waals surface area contributed by atoms with Gasteiger partial charge in [0.05, 0.1) is 0 Å². The summed E-state index contributed by atoms with van der Waals surface area (Å²) in [6.45, 7) is 6.63. The van der Waals surface area contributed by atoms with Gasteiger partial charge >= 0.3 is 17.9 Å². The van der Waals surface area contributed by atoms with Crippen molar-refractivity contribution in [3.63, 3.8) is 0 Å². The van der Waals surface area contributed by atoms with Gasteiger partial charge in [0, 0.05) is 19.3 Å². The summed E-state index contributed by atoms with van der Waals surface area (Å²) < 4.78 is 16.9. The fourth-order valence-corrected chi connectivity index (χ4v) is 8.69. The lowest BCUT2D eigenvalue weighted by Gasteiger charge is -2.18. The lowest BCUT2D eigenvalue weighted by atomic mass is 10.0. The summed E-state index contributed by atoms with van der Waals surface area (Å²) in [6, 6.07) is 0. The predicted molar refractivity (Wildman–Crippen MR) is 293 cm³/mol. The third-order valence-electron chi connectivity index (χ3n) is 13.2. The zero-order chi connectivity index (χ0) is 49.3. The van der Waals surface area contributed by atoms with Crippen molar-refractivity contribution in [1.82, 2.24) is 0 Å². The first kappa shape index (κ1) is 65.4. The van der Waals surface area contributed by atoms with E-state index in [9.17, 15) is 14.4 Å². The van der Waals surface area contributed by atoms with Crippen molar-refractivity contribution in [1.29, 1.82) is 0 Å². The Morgan fingerprint density at radius 1 is 0.294 bits per heavy atom. The number of esters is 3. The minimum atomic E-state index is -0.779. The van der Waals surface area contributed by atoms with Gasteiger partial charge in [-0.1, -0.05) is 294 Å². The van der Waals surface area contributed by atoms with Gasteiger partial charge in [-0.2, -0.15) is 0 Å². The second-order valence-corrected chi connectivity index (χ2v) is 20.0. The zero-order valence-corrected chi connectivity index (χ0v) is 45.4. The van der Waals surface area contributed by atoms with Crippen LogP contribution in [0.4, 0.5) is 0 Å². The van der Waals surface area contributed by atoms with Gasteiger partial charge in [-0.25, -0.2) is 0 Å². The second-order valence-electron chi connectivity index (χ2n) is 20.0. The Bertz CT molecular complexity index is 1190. The molecule has 0 saturated heterocycles. The molecule has 0 aliphatic carbocycles. The maximum atomic E-state index is 12.9. The lowest BCUT2D eigenvalue weighted by molar-refractivity contribution is -0.167. The molecular formula is C62H112O6. The van der Waals surface area contributed by atoms with Crippen molar-refractivity contribution in [3.05, 3.63) is 48.6 Å². The summed E-state index contributed by atoms with van der Waals surface area (Å²) >= 11 is 0. The van der Waals surface area contributed by atoms with Gasteiger partial charge in [0.25, 0.3) is 0 Å². The fraction of sp³-hybridized carbons (Fsp3) is 0.823. The molecular weight excluding hydrogens is 841 g/mol. The first-order valence-electron chi connectivity index (χ1n) is 29.7. The van der Waals surface area contributed by atoms with Crippen molar-refractivity contribution in [2.75, 3.05) is 13.2 Å². The number of carbonyl (C=O) groups is 3. The topological polar surface area (TPSA) is 78.9 Å². The van der Waals surface area contributed by atoms with E-state index in [0.717, 1.165) is 83.5 Å². The molecule has 0 N–H and O–H groups in total. The number of hydrogen-bond donors (Lipinski definition) is 0. The van der Waals surface area contributed by atoms with Gasteiger partial charge in [-0.15, -0.1) is 0 Å². The van der Waals surface area contributed by atoms with Crippen LogP contribution >= 0.6 is 0 Å². The molecule has 0 aliphatic heterocycles. The molecule has 0 aromatic rings. The predicted octanol–water partition coefficient (Wildman–Crippen LogP) is 19.8. The van der Waals surface area contributed by atoms with E-state index < -0.39 is 6.10 Å². The summed E-state index contributed by atoms with van der Waals surface area (Å²) in [5.41, 5.74) is 0. The standard InChI is InChI=1S/C62H112O6/c1-4-7-10-13-16-19-22-25-28-30-32-34-37-40-43-46-49-52-55-61(64)67-58-59(57-66-60(63)54-51-48-45-42-39-36-33-27-24-21-18-15-12-9-6-3)68-62(65)56-53-50-47-44-41-38-35-31-29-26-23-20-17-14-11-8-5-2/h16,19,22,25,28,30,32,34,59H,4-15,17-18,20-21,23-24,26-27,29,31,33,35-58H2,1-3H3/b19-16-,25-22-,30-28-,34-32-. The summed E-state index contributed by atoms with van der Waals surface area (Å²) in [5, 5.41) is 0. The molecule has 0 aliphatic rings. The third kappa shape index (κ3) is 54.3. The van der Waals surface area contributed by atoms with Gasteiger partial charge in [0.15, 0.2) is 6.10 Å². The number of hydrogen-bond acceptors (Lipinski definition) is 6. The van der Waals surface area contributed by atoms with Crippen LogP contribution < -0.4 is 0 Å². The van der Waals surface area contributed by atoms with Crippen LogP contribution in [0.5, 0.6) is 0 Å². The van der Waals surface area contributed by atoms with Gasteiger partial charge < -0.3 is 14.2 Å². The molecule has 0 heterocycles. The fourth-order valence-electron chi connectivity index (χ4n) is 8.69. The van der Waals surface area contributed by atoms with Crippen molar-refractivity contribution in [3.8, 4) is 0 Å². The monoisotopic (exact) mass is 953 g/mol. The number of ether oxygens (including phenoxy) is 3. The van der Waals surface area contributed by atoms with Crippen LogP contribution in [0.15, 0.2) is 48.6 Å². The van der Waals surface area contributed by atoms with Gasteiger partial charge in [-0.3, -0.25) is 14.4 Å². The third-order valence-corrected chi connectivity index (χ3v) is 13.2. The minimum absolute atomic E-state index is 0.0763. The molecule has 6 heteroatoms. The molecule has 0 saturated carbocycles.